The molecule has 1 aromatic heterocycles. The number of aromatic nitrogens is 1. The fourth-order valence-corrected chi connectivity index (χ4v) is 1.78. The molecular formula is C14H9ClN2O. The van der Waals surface area contributed by atoms with Crippen molar-refractivity contribution in [2.75, 3.05) is 0 Å². The van der Waals surface area contributed by atoms with Crippen LogP contribution >= 0.6 is 11.6 Å². The number of carbonyl (C=O) groups is 1. The van der Waals surface area contributed by atoms with Crippen molar-refractivity contribution in [2.24, 2.45) is 0 Å². The van der Waals surface area contributed by atoms with Gasteiger partial charge in [0.15, 0.2) is 6.29 Å². The molecule has 0 spiro atoms. The Morgan fingerprint density at radius 3 is 2.56 bits per heavy atom. The number of rotatable bonds is 2. The molecule has 88 valence electrons. The minimum atomic E-state index is 0.380. The van der Waals surface area contributed by atoms with E-state index in [1.807, 2.05) is 0 Å². The van der Waals surface area contributed by atoms with Gasteiger partial charge < -0.3 is 0 Å². The average Bonchev–Trinajstić information content (AvgIpc) is 2.39. The maximum Gasteiger partial charge on any atom is 0.151 e. The molecular weight excluding hydrogens is 248 g/mol. The molecule has 4 heteroatoms. The van der Waals surface area contributed by atoms with Crippen molar-refractivity contribution in [3.8, 4) is 17.3 Å². The van der Waals surface area contributed by atoms with Gasteiger partial charge in [-0.05, 0) is 25.1 Å². The minimum absolute atomic E-state index is 0.380. The number of nitrogens with zero attached hydrogens (tertiary/aromatic N) is 2. The molecule has 2 aromatic rings. The molecule has 0 N–H and O–H groups in total. The molecule has 0 radical (unpaired) electrons. The number of aryl methyl sites for hydroxylation is 1. The molecule has 0 aliphatic heterocycles. The van der Waals surface area contributed by atoms with Crippen molar-refractivity contribution in [2.45, 2.75) is 6.92 Å². The van der Waals surface area contributed by atoms with Gasteiger partial charge in [0.05, 0.1) is 11.3 Å². The summed E-state index contributed by atoms with van der Waals surface area (Å²) in [5.41, 5.74) is 2.79. The maximum absolute atomic E-state index is 10.8. The van der Waals surface area contributed by atoms with Crippen molar-refractivity contribution in [3.63, 3.8) is 0 Å². The summed E-state index contributed by atoms with van der Waals surface area (Å²) in [5, 5.41) is 9.74. The lowest BCUT2D eigenvalue weighted by molar-refractivity contribution is 0.112. The Morgan fingerprint density at radius 2 is 2.00 bits per heavy atom. The lowest BCUT2D eigenvalue weighted by Crippen LogP contribution is -1.97. The SMILES string of the molecule is Cc1nc(-c2ccc(Cl)cc2)c(C#N)cc1C=O. The number of nitriles is 1. The fraction of sp³-hybridized carbons (Fsp3) is 0.0714. The molecule has 18 heavy (non-hydrogen) atoms. The molecule has 0 saturated carbocycles. The molecule has 0 amide bonds. The van der Waals surface area contributed by atoms with Gasteiger partial charge in [-0.3, -0.25) is 9.78 Å². The van der Waals surface area contributed by atoms with Gasteiger partial charge in [0.25, 0.3) is 0 Å². The predicted molar refractivity (Wildman–Crippen MR) is 69.5 cm³/mol. The third-order valence-electron chi connectivity index (χ3n) is 2.62. The van der Waals surface area contributed by atoms with E-state index in [0.29, 0.717) is 33.8 Å². The second kappa shape index (κ2) is 4.99. The van der Waals surface area contributed by atoms with Crippen LogP contribution in [0.1, 0.15) is 21.6 Å². The highest BCUT2D eigenvalue weighted by molar-refractivity contribution is 6.30. The highest BCUT2D eigenvalue weighted by Crippen LogP contribution is 2.24. The highest BCUT2D eigenvalue weighted by Gasteiger charge is 2.10. The number of halogens is 1. The summed E-state index contributed by atoms with van der Waals surface area (Å²) in [4.78, 5) is 15.1. The van der Waals surface area contributed by atoms with Gasteiger partial charge in [-0.25, -0.2) is 0 Å². The molecule has 1 aromatic carbocycles. The summed E-state index contributed by atoms with van der Waals surface area (Å²) in [6, 6.07) is 10.7. The first-order valence-electron chi connectivity index (χ1n) is 5.28. The van der Waals surface area contributed by atoms with Gasteiger partial charge in [-0.2, -0.15) is 5.26 Å². The van der Waals surface area contributed by atoms with Gasteiger partial charge in [0.2, 0.25) is 0 Å². The van der Waals surface area contributed by atoms with E-state index in [1.165, 1.54) is 0 Å². The molecule has 2 rings (SSSR count). The van der Waals surface area contributed by atoms with Crippen LogP contribution in [-0.2, 0) is 0 Å². The van der Waals surface area contributed by atoms with Crippen molar-refractivity contribution >= 4 is 17.9 Å². The quantitative estimate of drug-likeness (QED) is 0.774. The van der Waals surface area contributed by atoms with Crippen LogP contribution in [-0.4, -0.2) is 11.3 Å². The second-order valence-corrected chi connectivity index (χ2v) is 4.23. The third-order valence-corrected chi connectivity index (χ3v) is 2.87. The van der Waals surface area contributed by atoms with Gasteiger partial charge in [0, 0.05) is 21.8 Å². The van der Waals surface area contributed by atoms with E-state index in [1.54, 1.807) is 37.3 Å². The minimum Gasteiger partial charge on any atom is -0.298 e. The number of hydrogen-bond donors (Lipinski definition) is 0. The van der Waals surface area contributed by atoms with Gasteiger partial charge >= 0.3 is 0 Å². The zero-order valence-electron chi connectivity index (χ0n) is 9.64. The van der Waals surface area contributed by atoms with E-state index in [2.05, 4.69) is 11.1 Å². The van der Waals surface area contributed by atoms with Crippen molar-refractivity contribution in [3.05, 3.63) is 52.2 Å². The predicted octanol–water partition coefficient (Wildman–Crippen LogP) is 3.39. The van der Waals surface area contributed by atoms with Crippen LogP contribution in [0.25, 0.3) is 11.3 Å². The first kappa shape index (κ1) is 12.3. The second-order valence-electron chi connectivity index (χ2n) is 3.80. The highest BCUT2D eigenvalue weighted by atomic mass is 35.5. The van der Waals surface area contributed by atoms with Crippen LogP contribution in [0.3, 0.4) is 0 Å². The molecule has 0 aliphatic rings. The summed E-state index contributed by atoms with van der Waals surface area (Å²) in [6.07, 6.45) is 0.703. The summed E-state index contributed by atoms with van der Waals surface area (Å²) in [6.45, 7) is 1.74. The summed E-state index contributed by atoms with van der Waals surface area (Å²) < 4.78 is 0. The standard InChI is InChI=1S/C14H9ClN2O/c1-9-12(8-18)6-11(7-16)14(17-9)10-2-4-13(15)5-3-10/h2-6,8H,1H3. The topological polar surface area (TPSA) is 53.8 Å². The normalized spacial score (nSPS) is 9.83. The maximum atomic E-state index is 10.8. The summed E-state index contributed by atoms with van der Waals surface area (Å²) >= 11 is 5.82. The Balaban J connectivity index is 2.64. The van der Waals surface area contributed by atoms with Gasteiger partial charge in [-0.1, -0.05) is 23.7 Å². The van der Waals surface area contributed by atoms with E-state index in [-0.39, 0.29) is 0 Å². The zero-order valence-corrected chi connectivity index (χ0v) is 10.4. The van der Waals surface area contributed by atoms with Crippen LogP contribution in [0, 0.1) is 18.3 Å². The lowest BCUT2D eigenvalue weighted by Gasteiger charge is -2.06. The first-order valence-corrected chi connectivity index (χ1v) is 5.66. The van der Waals surface area contributed by atoms with Crippen LogP contribution in [0.5, 0.6) is 0 Å². The number of aldehydes is 1. The molecule has 0 saturated heterocycles. The Kier molecular flexibility index (Phi) is 3.40. The van der Waals surface area contributed by atoms with Crippen LogP contribution < -0.4 is 0 Å². The monoisotopic (exact) mass is 256 g/mol. The Hall–Kier alpha value is -2.18. The average molecular weight is 257 g/mol. The van der Waals surface area contributed by atoms with Crippen LogP contribution in [0.15, 0.2) is 30.3 Å². The smallest absolute Gasteiger partial charge is 0.151 e. The molecule has 0 bridgehead atoms. The molecule has 0 fully saturated rings. The molecule has 0 aliphatic carbocycles. The van der Waals surface area contributed by atoms with Crippen molar-refractivity contribution in [1.29, 1.82) is 5.26 Å². The van der Waals surface area contributed by atoms with Gasteiger partial charge in [0.1, 0.15) is 6.07 Å². The molecule has 3 nitrogen and oxygen atoms in total. The summed E-state index contributed by atoms with van der Waals surface area (Å²) in [7, 11) is 0. The van der Waals surface area contributed by atoms with E-state index in [4.69, 9.17) is 16.9 Å². The first-order chi connectivity index (χ1) is 8.65. The van der Waals surface area contributed by atoms with Crippen molar-refractivity contribution in [1.82, 2.24) is 4.98 Å². The summed E-state index contributed by atoms with van der Waals surface area (Å²) in [5.74, 6) is 0. The van der Waals surface area contributed by atoms with E-state index in [9.17, 15) is 4.79 Å². The number of pyridine rings is 1. The van der Waals surface area contributed by atoms with E-state index in [0.717, 1.165) is 5.56 Å². The van der Waals surface area contributed by atoms with E-state index < -0.39 is 0 Å². The van der Waals surface area contributed by atoms with Crippen LogP contribution in [0.2, 0.25) is 5.02 Å². The molecule has 1 heterocycles. The van der Waals surface area contributed by atoms with Crippen molar-refractivity contribution < 1.29 is 4.79 Å². The Labute approximate surface area is 110 Å². The van der Waals surface area contributed by atoms with E-state index >= 15 is 0 Å². The number of benzene rings is 1. The van der Waals surface area contributed by atoms with Gasteiger partial charge in [-0.15, -0.1) is 0 Å². The lowest BCUT2D eigenvalue weighted by atomic mass is 10.0. The third kappa shape index (κ3) is 2.24. The Bertz CT molecular complexity index is 642. The number of carbonyl (C=O) groups excluding carboxylic acids is 1. The Morgan fingerprint density at radius 1 is 1.33 bits per heavy atom. The molecule has 0 unspecified atom stereocenters. The fourth-order valence-electron chi connectivity index (χ4n) is 1.65. The zero-order chi connectivity index (χ0) is 13.1. The van der Waals surface area contributed by atoms with Crippen LogP contribution in [0.4, 0.5) is 0 Å². The largest absolute Gasteiger partial charge is 0.298 e. The molecule has 0 atom stereocenters. The number of hydrogen-bond acceptors (Lipinski definition) is 3.